The van der Waals surface area contributed by atoms with Crippen molar-refractivity contribution in [3.8, 4) is 11.3 Å². The van der Waals surface area contributed by atoms with E-state index in [2.05, 4.69) is 70.6 Å². The third-order valence-electron chi connectivity index (χ3n) is 9.31. The number of ketones is 1. The molecule has 0 unspecified atom stereocenters. The minimum Gasteiger partial charge on any atom is -0.512 e. The second kappa shape index (κ2) is 16.6. The first-order valence-electron chi connectivity index (χ1n) is 16.5. The van der Waals surface area contributed by atoms with Gasteiger partial charge in [0.05, 0.1) is 11.3 Å². The van der Waals surface area contributed by atoms with Gasteiger partial charge in [-0.05, 0) is 49.7 Å². The minimum absolute atomic E-state index is 0. The van der Waals surface area contributed by atoms with E-state index in [4.69, 9.17) is 0 Å². The number of benzene rings is 3. The Hall–Kier alpha value is -2.92. The van der Waals surface area contributed by atoms with Gasteiger partial charge in [0.25, 0.3) is 0 Å². The van der Waals surface area contributed by atoms with Crippen LogP contribution in [0.5, 0.6) is 0 Å². The summed E-state index contributed by atoms with van der Waals surface area (Å²) in [5, 5.41) is 13.3. The van der Waals surface area contributed by atoms with Gasteiger partial charge in [-0.1, -0.05) is 94.7 Å². The maximum absolute atomic E-state index is 11.7. The summed E-state index contributed by atoms with van der Waals surface area (Å²) < 4.78 is 2.48. The number of thiophene rings is 1. The first-order chi connectivity index (χ1) is 21.4. The molecule has 1 N–H and O–H groups in total. The van der Waals surface area contributed by atoms with Crippen LogP contribution in [0.3, 0.4) is 0 Å². The van der Waals surface area contributed by atoms with Crippen LogP contribution in [0.1, 0.15) is 84.6 Å². The number of allylic oxidation sites excluding steroid dienone is 2. The number of aromatic nitrogens is 2. The molecule has 6 heteroatoms. The molecule has 4 nitrogen and oxygen atoms in total. The molecule has 0 aliphatic heterocycles. The average molecular weight is 798 g/mol. The van der Waals surface area contributed by atoms with E-state index in [9.17, 15) is 9.90 Å². The molecule has 5 aromatic rings. The zero-order valence-electron chi connectivity index (χ0n) is 26.9. The van der Waals surface area contributed by atoms with Crippen LogP contribution in [0, 0.1) is 23.8 Å². The van der Waals surface area contributed by atoms with Gasteiger partial charge in [0.1, 0.15) is 6.33 Å². The van der Waals surface area contributed by atoms with E-state index in [1.165, 1.54) is 59.2 Å². The molecule has 6 rings (SSSR count). The minimum atomic E-state index is 0. The number of hydrogen-bond donors (Lipinski definition) is 1. The number of hydrogen-bond acceptors (Lipinski definition) is 5. The molecule has 2 heterocycles. The second-order valence-electron chi connectivity index (χ2n) is 12.1. The SMILES string of the molecule is CCC(CC)C(=O)/C=C(\O)C(CC)CC.[Ir].[c-]1c(-c2ncnc3c2sc2cc(CC4CCCC4)ccc23)ccc2ccccc12. The smallest absolute Gasteiger partial charge is 0.162 e. The first-order valence-corrected chi connectivity index (χ1v) is 17.3. The summed E-state index contributed by atoms with van der Waals surface area (Å²) in [6.07, 6.45) is 13.4. The van der Waals surface area contributed by atoms with E-state index in [-0.39, 0.29) is 43.5 Å². The van der Waals surface area contributed by atoms with E-state index in [0.29, 0.717) is 0 Å². The van der Waals surface area contributed by atoms with Crippen LogP contribution in [0.4, 0.5) is 0 Å². The van der Waals surface area contributed by atoms with Crippen LogP contribution in [-0.2, 0) is 31.3 Å². The maximum Gasteiger partial charge on any atom is 0.162 e. The summed E-state index contributed by atoms with van der Waals surface area (Å²) >= 11 is 1.82. The standard InChI is InChI=1S/C26H21N2S.C13H24O2.Ir/c1-2-6-17(5-1)13-18-9-12-22-23(14-18)29-26-24(27-16-28-25(22)26)21-11-10-19-7-3-4-8-20(19)15-21;1-5-10(6-2)12(14)9-13(15)11(7-3)8-4;/h3-4,7-12,14,16-17H,1-2,5-6,13H2;9-11,14H,5-8H2,1-4H3;/q-1;;/b;12-9-;. The molecular weight excluding hydrogens is 753 g/mol. The van der Waals surface area contributed by atoms with Crippen molar-refractivity contribution in [1.82, 2.24) is 9.97 Å². The Bertz CT molecular complexity index is 1750. The molecule has 1 aliphatic rings. The third-order valence-corrected chi connectivity index (χ3v) is 10.5. The molecule has 3 aromatic carbocycles. The Balaban J connectivity index is 0.000000249. The predicted octanol–water partition coefficient (Wildman–Crippen LogP) is 11.1. The van der Waals surface area contributed by atoms with Gasteiger partial charge in [0.15, 0.2) is 5.78 Å². The van der Waals surface area contributed by atoms with Crippen molar-refractivity contribution in [2.45, 2.75) is 85.5 Å². The Morgan fingerprint density at radius 2 is 1.67 bits per heavy atom. The van der Waals surface area contributed by atoms with E-state index < -0.39 is 0 Å². The average Bonchev–Trinajstić information content (AvgIpc) is 3.69. The first kappa shape index (κ1) is 34.9. The van der Waals surface area contributed by atoms with Crippen molar-refractivity contribution in [1.29, 1.82) is 0 Å². The fraction of sp³-hybridized carbons (Fsp3) is 0.410. The Morgan fingerprint density at radius 3 is 2.38 bits per heavy atom. The van der Waals surface area contributed by atoms with Gasteiger partial charge in [0.2, 0.25) is 0 Å². The quantitative estimate of drug-likeness (QED) is 0.0868. The number of nitrogens with zero attached hydrogens (tertiary/aromatic N) is 2. The topological polar surface area (TPSA) is 63.1 Å². The number of aliphatic hydroxyl groups is 1. The molecule has 0 saturated heterocycles. The van der Waals surface area contributed by atoms with Crippen LogP contribution in [-0.4, -0.2) is 20.9 Å². The fourth-order valence-electron chi connectivity index (χ4n) is 6.52. The van der Waals surface area contributed by atoms with Gasteiger partial charge >= 0.3 is 0 Å². The second-order valence-corrected chi connectivity index (χ2v) is 13.2. The zero-order chi connectivity index (χ0) is 31.1. The molecule has 1 saturated carbocycles. The molecule has 0 atom stereocenters. The predicted molar refractivity (Wildman–Crippen MR) is 186 cm³/mol. The third kappa shape index (κ3) is 8.27. The van der Waals surface area contributed by atoms with Crippen molar-refractivity contribution in [3.05, 3.63) is 84.4 Å². The van der Waals surface area contributed by atoms with Crippen molar-refractivity contribution < 1.29 is 30.0 Å². The van der Waals surface area contributed by atoms with Gasteiger partial charge in [-0.25, -0.2) is 4.98 Å². The van der Waals surface area contributed by atoms with Gasteiger partial charge < -0.3 is 5.11 Å². The van der Waals surface area contributed by atoms with Crippen LogP contribution < -0.4 is 0 Å². The molecule has 0 amide bonds. The number of aliphatic hydroxyl groups excluding tert-OH is 1. The number of fused-ring (bicyclic) bond motifs is 4. The van der Waals surface area contributed by atoms with Gasteiger partial charge in [-0.3, -0.25) is 9.78 Å². The van der Waals surface area contributed by atoms with Crippen molar-refractivity contribution in [3.63, 3.8) is 0 Å². The molecule has 239 valence electrons. The molecule has 2 aromatic heterocycles. The summed E-state index contributed by atoms with van der Waals surface area (Å²) in [5.74, 6) is 1.41. The van der Waals surface area contributed by atoms with Crippen LogP contribution in [0.2, 0.25) is 0 Å². The van der Waals surface area contributed by atoms with Crippen LogP contribution in [0.25, 0.3) is 42.3 Å². The van der Waals surface area contributed by atoms with E-state index in [0.717, 1.165) is 58.5 Å². The summed E-state index contributed by atoms with van der Waals surface area (Å²) in [4.78, 5) is 21.0. The molecule has 1 aliphatic carbocycles. The van der Waals surface area contributed by atoms with Crippen molar-refractivity contribution >= 4 is 48.2 Å². The molecule has 45 heavy (non-hydrogen) atoms. The van der Waals surface area contributed by atoms with E-state index in [1.54, 1.807) is 6.33 Å². The maximum atomic E-state index is 11.7. The monoisotopic (exact) mass is 798 g/mol. The summed E-state index contributed by atoms with van der Waals surface area (Å²) in [5.41, 5.74) is 4.54. The largest absolute Gasteiger partial charge is 0.512 e. The Labute approximate surface area is 285 Å². The molecular formula is C39H45IrN2O2S-. The zero-order valence-corrected chi connectivity index (χ0v) is 30.1. The summed E-state index contributed by atoms with van der Waals surface area (Å²) in [7, 11) is 0. The Morgan fingerprint density at radius 1 is 0.956 bits per heavy atom. The normalized spacial score (nSPS) is 13.9. The molecule has 1 radical (unpaired) electrons. The van der Waals surface area contributed by atoms with Crippen molar-refractivity contribution in [2.75, 3.05) is 0 Å². The fourth-order valence-corrected chi connectivity index (χ4v) is 7.74. The van der Waals surface area contributed by atoms with E-state index in [1.807, 2.05) is 39.0 Å². The van der Waals surface area contributed by atoms with Gasteiger partial charge in [-0.15, -0.1) is 41.0 Å². The summed E-state index contributed by atoms with van der Waals surface area (Å²) in [6, 6.07) is 23.1. The van der Waals surface area contributed by atoms with Crippen LogP contribution >= 0.6 is 11.3 Å². The summed E-state index contributed by atoms with van der Waals surface area (Å²) in [6.45, 7) is 8.07. The number of carbonyl (C=O) groups is 1. The van der Waals surface area contributed by atoms with E-state index >= 15 is 0 Å². The molecule has 0 spiro atoms. The number of carbonyl (C=O) groups excluding carboxylic acids is 1. The number of rotatable bonds is 10. The molecule has 1 fully saturated rings. The van der Waals surface area contributed by atoms with Crippen molar-refractivity contribution in [2.24, 2.45) is 17.8 Å². The van der Waals surface area contributed by atoms with Gasteiger partial charge in [0, 0.05) is 58.5 Å². The van der Waals surface area contributed by atoms with Crippen LogP contribution in [0.15, 0.2) is 72.8 Å². The van der Waals surface area contributed by atoms with Gasteiger partial charge in [-0.2, -0.15) is 0 Å². The Kier molecular flexibility index (Phi) is 12.9. The molecule has 0 bridgehead atoms.